The van der Waals surface area contributed by atoms with E-state index in [1.54, 1.807) is 19.2 Å². The van der Waals surface area contributed by atoms with Gasteiger partial charge in [-0.1, -0.05) is 36.4 Å². The summed E-state index contributed by atoms with van der Waals surface area (Å²) in [6.45, 7) is 4.30. The fraction of sp³-hybridized carbons (Fsp3) is 0.250. The molecule has 0 saturated heterocycles. The van der Waals surface area contributed by atoms with Gasteiger partial charge in [-0.15, -0.1) is 0 Å². The largest absolute Gasteiger partial charge is 0.497 e. The van der Waals surface area contributed by atoms with Crippen LogP contribution in [0.2, 0.25) is 0 Å². The van der Waals surface area contributed by atoms with Gasteiger partial charge < -0.3 is 9.84 Å². The third-order valence-electron chi connectivity index (χ3n) is 6.13. The molecule has 0 aliphatic heterocycles. The van der Waals surface area contributed by atoms with Gasteiger partial charge in [-0.05, 0) is 108 Å². The van der Waals surface area contributed by atoms with Crippen LogP contribution < -0.4 is 4.74 Å². The number of allylic oxidation sites excluding steroid dienone is 2. The van der Waals surface area contributed by atoms with Crippen molar-refractivity contribution in [2.24, 2.45) is 0 Å². The van der Waals surface area contributed by atoms with Crippen molar-refractivity contribution in [3.63, 3.8) is 0 Å². The zero-order chi connectivity index (χ0) is 22.0. The van der Waals surface area contributed by atoms with E-state index < -0.39 is 5.97 Å². The van der Waals surface area contributed by atoms with Crippen LogP contribution in [0, 0.1) is 13.8 Å². The molecule has 0 fully saturated rings. The minimum absolute atomic E-state index is 0.332. The molecule has 1 N–H and O–H groups in total. The first-order valence-corrected chi connectivity index (χ1v) is 10.7. The molecule has 0 radical (unpaired) electrons. The van der Waals surface area contributed by atoms with Gasteiger partial charge in [0.25, 0.3) is 0 Å². The lowest BCUT2D eigenvalue weighted by Gasteiger charge is -2.16. The molecule has 3 aromatic carbocycles. The van der Waals surface area contributed by atoms with Crippen LogP contribution >= 0.6 is 0 Å². The molecule has 0 atom stereocenters. The van der Waals surface area contributed by atoms with Crippen molar-refractivity contribution < 1.29 is 14.6 Å². The topological polar surface area (TPSA) is 46.5 Å². The minimum atomic E-state index is -0.884. The fourth-order valence-electron chi connectivity index (χ4n) is 4.52. The molecule has 4 rings (SSSR count). The highest BCUT2D eigenvalue weighted by atomic mass is 16.5. The standard InChI is InChI=1S/C28H28O3/c1-18-14-21(17-25(15-18)31-3)16-24-12-13-26-19(2)4-8-22(27(24)26)9-5-20-6-10-23(11-7-20)28(29)30/h4,6-8,10-12,14-15,17H,5,9,13,16H2,1-3H3,(H,29,30). The zero-order valence-electron chi connectivity index (χ0n) is 18.4. The molecule has 0 unspecified atom stereocenters. The number of hydrogen-bond donors (Lipinski definition) is 1. The van der Waals surface area contributed by atoms with E-state index in [0.717, 1.165) is 37.0 Å². The van der Waals surface area contributed by atoms with Gasteiger partial charge in [-0.25, -0.2) is 4.79 Å². The van der Waals surface area contributed by atoms with Crippen LogP contribution in [0.4, 0.5) is 0 Å². The smallest absolute Gasteiger partial charge is 0.335 e. The SMILES string of the molecule is COc1cc(C)cc(CC2=CCc3c(C)ccc(CCc4ccc(C(=O)O)cc4)c32)c1. The van der Waals surface area contributed by atoms with E-state index in [9.17, 15) is 4.79 Å². The minimum Gasteiger partial charge on any atom is -0.497 e. The molecule has 158 valence electrons. The van der Waals surface area contributed by atoms with Crippen molar-refractivity contribution >= 4 is 11.5 Å². The summed E-state index contributed by atoms with van der Waals surface area (Å²) < 4.78 is 5.47. The molecular weight excluding hydrogens is 384 g/mol. The van der Waals surface area contributed by atoms with Crippen LogP contribution in [0.1, 0.15) is 49.3 Å². The Morgan fingerprint density at radius 1 is 0.968 bits per heavy atom. The number of rotatable bonds is 7. The summed E-state index contributed by atoms with van der Waals surface area (Å²) in [4.78, 5) is 11.1. The molecular formula is C28H28O3. The van der Waals surface area contributed by atoms with Gasteiger partial charge in [-0.3, -0.25) is 0 Å². The summed E-state index contributed by atoms with van der Waals surface area (Å²) in [7, 11) is 1.72. The molecule has 3 heteroatoms. The van der Waals surface area contributed by atoms with Gasteiger partial charge in [0.05, 0.1) is 12.7 Å². The number of carboxylic acid groups (broad SMARTS) is 1. The molecule has 3 aromatic rings. The van der Waals surface area contributed by atoms with Crippen molar-refractivity contribution in [1.29, 1.82) is 0 Å². The van der Waals surface area contributed by atoms with Crippen LogP contribution in [-0.2, 0) is 25.7 Å². The molecule has 0 saturated carbocycles. The van der Waals surface area contributed by atoms with E-state index in [2.05, 4.69) is 50.3 Å². The van der Waals surface area contributed by atoms with Crippen molar-refractivity contribution in [2.75, 3.05) is 7.11 Å². The second kappa shape index (κ2) is 8.81. The Bertz CT molecular complexity index is 1150. The summed E-state index contributed by atoms with van der Waals surface area (Å²) in [5.41, 5.74) is 10.9. The zero-order valence-corrected chi connectivity index (χ0v) is 18.4. The molecule has 1 aliphatic carbocycles. The number of benzene rings is 3. The van der Waals surface area contributed by atoms with Crippen LogP contribution in [0.15, 0.2) is 60.7 Å². The Morgan fingerprint density at radius 3 is 2.45 bits per heavy atom. The predicted molar refractivity (Wildman–Crippen MR) is 125 cm³/mol. The number of fused-ring (bicyclic) bond motifs is 1. The Balaban J connectivity index is 1.58. The van der Waals surface area contributed by atoms with Crippen LogP contribution in [0.3, 0.4) is 0 Å². The number of carboxylic acids is 1. The molecule has 0 bridgehead atoms. The van der Waals surface area contributed by atoms with Gasteiger partial charge in [-0.2, -0.15) is 0 Å². The highest BCUT2D eigenvalue weighted by Gasteiger charge is 2.20. The van der Waals surface area contributed by atoms with E-state index in [0.29, 0.717) is 5.56 Å². The number of ether oxygens (including phenoxy) is 1. The number of aryl methyl sites for hydroxylation is 4. The first kappa shape index (κ1) is 20.9. The number of aromatic carboxylic acids is 1. The maximum Gasteiger partial charge on any atom is 0.335 e. The molecule has 0 aromatic heterocycles. The Kier molecular flexibility index (Phi) is 5.94. The molecule has 31 heavy (non-hydrogen) atoms. The Morgan fingerprint density at radius 2 is 1.74 bits per heavy atom. The normalized spacial score (nSPS) is 12.4. The monoisotopic (exact) mass is 412 g/mol. The van der Waals surface area contributed by atoms with Gasteiger partial charge >= 0.3 is 5.97 Å². The predicted octanol–water partition coefficient (Wildman–Crippen LogP) is 5.98. The van der Waals surface area contributed by atoms with Crippen molar-refractivity contribution in [1.82, 2.24) is 0 Å². The third kappa shape index (κ3) is 4.56. The van der Waals surface area contributed by atoms with Crippen LogP contribution in [-0.4, -0.2) is 18.2 Å². The average molecular weight is 413 g/mol. The van der Waals surface area contributed by atoms with Crippen molar-refractivity contribution in [3.8, 4) is 5.75 Å². The second-order valence-electron chi connectivity index (χ2n) is 8.37. The first-order chi connectivity index (χ1) is 14.9. The second-order valence-corrected chi connectivity index (χ2v) is 8.37. The van der Waals surface area contributed by atoms with Crippen LogP contribution in [0.5, 0.6) is 5.75 Å². The maximum absolute atomic E-state index is 11.1. The van der Waals surface area contributed by atoms with E-state index in [-0.39, 0.29) is 0 Å². The molecule has 0 amide bonds. The van der Waals surface area contributed by atoms with Gasteiger partial charge in [0.2, 0.25) is 0 Å². The lowest BCUT2D eigenvalue weighted by atomic mass is 9.89. The number of hydrogen-bond acceptors (Lipinski definition) is 2. The third-order valence-corrected chi connectivity index (χ3v) is 6.13. The summed E-state index contributed by atoms with van der Waals surface area (Å²) >= 11 is 0. The molecule has 1 aliphatic rings. The molecule has 0 spiro atoms. The Hall–Kier alpha value is -3.33. The summed E-state index contributed by atoms with van der Waals surface area (Å²) in [6.07, 6.45) is 6.08. The molecule has 3 nitrogen and oxygen atoms in total. The molecule has 0 heterocycles. The van der Waals surface area contributed by atoms with E-state index in [1.807, 2.05) is 12.1 Å². The van der Waals surface area contributed by atoms with Crippen LogP contribution in [0.25, 0.3) is 5.57 Å². The summed E-state index contributed by atoms with van der Waals surface area (Å²) in [6, 6.07) is 18.1. The van der Waals surface area contributed by atoms with Gasteiger partial charge in [0, 0.05) is 0 Å². The van der Waals surface area contributed by atoms with Gasteiger partial charge in [0.1, 0.15) is 5.75 Å². The average Bonchev–Trinajstić information content (AvgIpc) is 3.18. The number of methoxy groups -OCH3 is 1. The number of carbonyl (C=O) groups is 1. The Labute approximate surface area is 184 Å². The van der Waals surface area contributed by atoms with Crippen molar-refractivity contribution in [2.45, 2.75) is 39.5 Å². The first-order valence-electron chi connectivity index (χ1n) is 10.7. The van der Waals surface area contributed by atoms with E-state index in [1.165, 1.54) is 39.0 Å². The quantitative estimate of drug-likeness (QED) is 0.519. The van der Waals surface area contributed by atoms with E-state index in [4.69, 9.17) is 9.84 Å². The summed E-state index contributed by atoms with van der Waals surface area (Å²) in [5, 5.41) is 9.10. The van der Waals surface area contributed by atoms with Crippen molar-refractivity contribution in [3.05, 3.63) is 105 Å². The maximum atomic E-state index is 11.1. The lowest BCUT2D eigenvalue weighted by molar-refractivity contribution is 0.0697. The van der Waals surface area contributed by atoms with E-state index >= 15 is 0 Å². The highest BCUT2D eigenvalue weighted by molar-refractivity contribution is 5.87. The lowest BCUT2D eigenvalue weighted by Crippen LogP contribution is -2.02. The fourth-order valence-corrected chi connectivity index (χ4v) is 4.52. The summed E-state index contributed by atoms with van der Waals surface area (Å²) in [5.74, 6) is 0.0218. The highest BCUT2D eigenvalue weighted by Crippen LogP contribution is 2.36. The van der Waals surface area contributed by atoms with Gasteiger partial charge in [0.15, 0.2) is 0 Å².